The summed E-state index contributed by atoms with van der Waals surface area (Å²) in [5.41, 5.74) is 0.270. The van der Waals surface area contributed by atoms with Gasteiger partial charge in [-0.1, -0.05) is 15.9 Å². The van der Waals surface area contributed by atoms with Gasteiger partial charge in [-0.2, -0.15) is 5.26 Å². The maximum atomic E-state index is 13.4. The molecule has 0 spiro atoms. The van der Waals surface area contributed by atoms with Crippen molar-refractivity contribution in [3.05, 3.63) is 34.6 Å². The normalized spacial score (nSPS) is 9.47. The molecule has 0 aromatic heterocycles. The fourth-order valence-electron chi connectivity index (χ4n) is 1.10. The third-order valence-electron chi connectivity index (χ3n) is 1.83. The highest BCUT2D eigenvalue weighted by Gasteiger charge is 2.14. The van der Waals surface area contributed by atoms with E-state index in [1.165, 1.54) is 19.2 Å². The molecule has 1 aromatic rings. The molecule has 0 bridgehead atoms. The van der Waals surface area contributed by atoms with Gasteiger partial charge in [0.2, 0.25) is 0 Å². The Labute approximate surface area is 94.6 Å². The van der Waals surface area contributed by atoms with E-state index in [9.17, 15) is 9.18 Å². The number of rotatable bonds is 2. The SMILES string of the molecule is COC(=O)c1cc(C#N)c(F)c(CBr)c1. The summed E-state index contributed by atoms with van der Waals surface area (Å²) in [6, 6.07) is 4.22. The van der Waals surface area contributed by atoms with E-state index in [-0.39, 0.29) is 22.0 Å². The monoisotopic (exact) mass is 271 g/mol. The molecule has 78 valence electrons. The van der Waals surface area contributed by atoms with Crippen molar-refractivity contribution >= 4 is 21.9 Å². The third-order valence-corrected chi connectivity index (χ3v) is 2.44. The molecule has 0 saturated carbocycles. The van der Waals surface area contributed by atoms with Gasteiger partial charge >= 0.3 is 5.97 Å². The average molecular weight is 272 g/mol. The zero-order chi connectivity index (χ0) is 11.4. The van der Waals surface area contributed by atoms with Crippen molar-refractivity contribution in [2.24, 2.45) is 0 Å². The Morgan fingerprint density at radius 1 is 1.67 bits per heavy atom. The lowest BCUT2D eigenvalue weighted by Gasteiger charge is -2.04. The molecule has 5 heteroatoms. The molecule has 0 amide bonds. The van der Waals surface area contributed by atoms with Crippen molar-refractivity contribution < 1.29 is 13.9 Å². The summed E-state index contributed by atoms with van der Waals surface area (Å²) in [5, 5.41) is 8.89. The van der Waals surface area contributed by atoms with Gasteiger partial charge in [0, 0.05) is 10.9 Å². The molecule has 0 radical (unpaired) electrons. The van der Waals surface area contributed by atoms with Gasteiger partial charge in [-0.15, -0.1) is 0 Å². The Morgan fingerprint density at radius 2 is 2.33 bits per heavy atom. The topological polar surface area (TPSA) is 50.1 Å². The molecular weight excluding hydrogens is 265 g/mol. The maximum Gasteiger partial charge on any atom is 0.337 e. The van der Waals surface area contributed by atoms with Crippen LogP contribution in [-0.4, -0.2) is 13.1 Å². The molecule has 0 aliphatic heterocycles. The lowest BCUT2D eigenvalue weighted by Crippen LogP contribution is -2.04. The smallest absolute Gasteiger partial charge is 0.337 e. The van der Waals surface area contributed by atoms with Crippen LogP contribution >= 0.6 is 15.9 Å². The Hall–Kier alpha value is -1.41. The van der Waals surface area contributed by atoms with Crippen LogP contribution < -0.4 is 0 Å². The Balaban J connectivity index is 3.34. The third kappa shape index (κ3) is 2.34. The highest BCUT2D eigenvalue weighted by atomic mass is 79.9. The first-order valence-electron chi connectivity index (χ1n) is 4.00. The van der Waals surface area contributed by atoms with Crippen LogP contribution in [0.3, 0.4) is 0 Å². The second-order valence-corrected chi connectivity index (χ2v) is 3.29. The van der Waals surface area contributed by atoms with Gasteiger partial charge in [0.25, 0.3) is 0 Å². The Bertz CT molecular complexity index is 440. The molecule has 15 heavy (non-hydrogen) atoms. The quantitative estimate of drug-likeness (QED) is 0.613. The number of carbonyl (C=O) groups is 1. The number of nitriles is 1. The zero-order valence-corrected chi connectivity index (χ0v) is 9.47. The van der Waals surface area contributed by atoms with Gasteiger partial charge in [0.1, 0.15) is 11.9 Å². The van der Waals surface area contributed by atoms with Crippen LogP contribution in [0.5, 0.6) is 0 Å². The predicted molar refractivity (Wildman–Crippen MR) is 55.1 cm³/mol. The molecule has 3 nitrogen and oxygen atoms in total. The number of alkyl halides is 1. The molecule has 0 atom stereocenters. The number of hydrogen-bond acceptors (Lipinski definition) is 3. The minimum absolute atomic E-state index is 0.160. The summed E-state index contributed by atoms with van der Waals surface area (Å²) in [7, 11) is 1.23. The number of carbonyl (C=O) groups excluding carboxylic acids is 1. The minimum atomic E-state index is -0.609. The second-order valence-electron chi connectivity index (χ2n) is 2.73. The van der Waals surface area contributed by atoms with E-state index in [1.807, 2.05) is 0 Å². The standard InChI is InChI=1S/C10H7BrFNO2/c1-15-10(14)6-2-7(4-11)9(12)8(3-6)5-13/h2-3H,4H2,1H3. The van der Waals surface area contributed by atoms with Crippen LogP contribution in [0, 0.1) is 17.1 Å². The molecule has 0 saturated heterocycles. The fourth-order valence-corrected chi connectivity index (χ4v) is 1.51. The van der Waals surface area contributed by atoms with Crippen LogP contribution in [0.1, 0.15) is 21.5 Å². The maximum absolute atomic E-state index is 13.4. The van der Waals surface area contributed by atoms with Gasteiger partial charge in [0.15, 0.2) is 0 Å². The summed E-state index contributed by atoms with van der Waals surface area (Å²) in [5.74, 6) is -1.20. The number of methoxy groups -OCH3 is 1. The highest BCUT2D eigenvalue weighted by Crippen LogP contribution is 2.18. The summed E-state index contributed by atoms with van der Waals surface area (Å²) in [6.07, 6.45) is 0. The average Bonchev–Trinajstić information content (AvgIpc) is 2.28. The molecule has 0 aliphatic carbocycles. The first-order valence-corrected chi connectivity index (χ1v) is 5.13. The lowest BCUT2D eigenvalue weighted by molar-refractivity contribution is 0.0600. The van der Waals surface area contributed by atoms with Gasteiger partial charge in [-0.25, -0.2) is 9.18 Å². The van der Waals surface area contributed by atoms with Crippen LogP contribution in [-0.2, 0) is 10.1 Å². The van der Waals surface area contributed by atoms with Crippen LogP contribution in [0.15, 0.2) is 12.1 Å². The van der Waals surface area contributed by atoms with E-state index in [0.717, 1.165) is 0 Å². The minimum Gasteiger partial charge on any atom is -0.465 e. The molecule has 0 N–H and O–H groups in total. The number of benzene rings is 1. The van der Waals surface area contributed by atoms with E-state index in [0.29, 0.717) is 0 Å². The van der Waals surface area contributed by atoms with E-state index < -0.39 is 11.8 Å². The number of esters is 1. The molecular formula is C10H7BrFNO2. The van der Waals surface area contributed by atoms with Crippen molar-refractivity contribution in [3.8, 4) is 6.07 Å². The number of hydrogen-bond donors (Lipinski definition) is 0. The molecule has 1 rings (SSSR count). The Morgan fingerprint density at radius 3 is 2.80 bits per heavy atom. The fraction of sp³-hybridized carbons (Fsp3) is 0.200. The van der Waals surface area contributed by atoms with Gasteiger partial charge in [-0.05, 0) is 12.1 Å². The van der Waals surface area contributed by atoms with Crippen LogP contribution in [0.4, 0.5) is 4.39 Å². The van der Waals surface area contributed by atoms with Crippen molar-refractivity contribution in [2.75, 3.05) is 7.11 Å². The van der Waals surface area contributed by atoms with Crippen molar-refractivity contribution in [3.63, 3.8) is 0 Å². The lowest BCUT2D eigenvalue weighted by atomic mass is 10.1. The summed E-state index contributed by atoms with van der Waals surface area (Å²) in [4.78, 5) is 11.2. The first-order chi connectivity index (χ1) is 7.13. The molecule has 0 unspecified atom stereocenters. The highest BCUT2D eigenvalue weighted by molar-refractivity contribution is 9.08. The van der Waals surface area contributed by atoms with Crippen LogP contribution in [0.25, 0.3) is 0 Å². The second kappa shape index (κ2) is 4.89. The van der Waals surface area contributed by atoms with E-state index >= 15 is 0 Å². The summed E-state index contributed by atoms with van der Waals surface area (Å²) >= 11 is 3.08. The molecule has 1 aromatic carbocycles. The summed E-state index contributed by atoms with van der Waals surface area (Å²) in [6.45, 7) is 0. The molecule has 0 aliphatic rings. The van der Waals surface area contributed by atoms with Crippen LogP contribution in [0.2, 0.25) is 0 Å². The number of ether oxygens (including phenoxy) is 1. The van der Waals surface area contributed by atoms with E-state index in [1.54, 1.807) is 6.07 Å². The van der Waals surface area contributed by atoms with E-state index in [4.69, 9.17) is 5.26 Å². The number of nitrogens with zero attached hydrogens (tertiary/aromatic N) is 1. The zero-order valence-electron chi connectivity index (χ0n) is 7.88. The van der Waals surface area contributed by atoms with Gasteiger partial charge < -0.3 is 4.74 Å². The predicted octanol–water partition coefficient (Wildman–Crippen LogP) is 2.38. The summed E-state index contributed by atoms with van der Waals surface area (Å²) < 4.78 is 17.9. The number of halogens is 2. The van der Waals surface area contributed by atoms with E-state index in [2.05, 4.69) is 20.7 Å². The molecule has 0 fully saturated rings. The Kier molecular flexibility index (Phi) is 3.81. The van der Waals surface area contributed by atoms with Gasteiger partial charge in [0.05, 0.1) is 18.2 Å². The van der Waals surface area contributed by atoms with Crippen molar-refractivity contribution in [1.29, 1.82) is 5.26 Å². The van der Waals surface area contributed by atoms with Gasteiger partial charge in [-0.3, -0.25) is 0 Å². The molecule has 0 heterocycles. The van der Waals surface area contributed by atoms with Crippen molar-refractivity contribution in [1.82, 2.24) is 0 Å². The largest absolute Gasteiger partial charge is 0.465 e. The van der Waals surface area contributed by atoms with Crippen molar-refractivity contribution in [2.45, 2.75) is 5.33 Å². The first kappa shape index (κ1) is 11.7.